The summed E-state index contributed by atoms with van der Waals surface area (Å²) < 4.78 is 35.7. The van der Waals surface area contributed by atoms with E-state index in [1.165, 1.54) is 0 Å². The lowest BCUT2D eigenvalue weighted by Crippen LogP contribution is -2.41. The van der Waals surface area contributed by atoms with E-state index in [-0.39, 0.29) is 20.2 Å². The molecule has 5 nitrogen and oxygen atoms in total. The number of rotatable bonds is 4. The molecule has 1 heterocycles. The van der Waals surface area contributed by atoms with Gasteiger partial charge in [0.25, 0.3) is 5.91 Å². The van der Waals surface area contributed by atoms with Gasteiger partial charge in [-0.25, -0.2) is 4.98 Å². The van der Waals surface area contributed by atoms with Crippen molar-refractivity contribution in [3.63, 3.8) is 0 Å². The average molecular weight is 399 g/mol. The van der Waals surface area contributed by atoms with E-state index in [1.807, 2.05) is 5.32 Å². The third kappa shape index (κ3) is 5.35. The van der Waals surface area contributed by atoms with Crippen molar-refractivity contribution in [3.05, 3.63) is 25.9 Å². The molecule has 22 heavy (non-hydrogen) atoms. The summed E-state index contributed by atoms with van der Waals surface area (Å²) in [5.74, 6) is -2.00. The van der Waals surface area contributed by atoms with Crippen molar-refractivity contribution in [1.29, 1.82) is 0 Å². The Morgan fingerprint density at radius 1 is 1.00 bits per heavy atom. The highest BCUT2D eigenvalue weighted by atomic mass is 35.5. The van der Waals surface area contributed by atoms with Gasteiger partial charge in [0.1, 0.15) is 17.4 Å². The van der Waals surface area contributed by atoms with Crippen LogP contribution in [0.3, 0.4) is 0 Å². The average Bonchev–Trinajstić information content (AvgIpc) is 2.43. The van der Waals surface area contributed by atoms with Gasteiger partial charge in [0.15, 0.2) is 0 Å². The van der Waals surface area contributed by atoms with Crippen molar-refractivity contribution in [1.82, 2.24) is 15.6 Å². The first kappa shape index (κ1) is 19.1. The molecule has 0 fully saturated rings. The molecule has 122 valence electrons. The molecule has 12 heteroatoms. The van der Waals surface area contributed by atoms with Crippen LogP contribution in [0.2, 0.25) is 20.2 Å². The Morgan fingerprint density at radius 2 is 1.59 bits per heavy atom. The number of halogens is 7. The molecule has 0 unspecified atom stereocenters. The second kappa shape index (κ2) is 7.54. The number of nitrogens with one attached hydrogen (secondary N) is 2. The first-order valence-electron chi connectivity index (χ1n) is 5.34. The minimum atomic E-state index is -4.55. The highest BCUT2D eigenvalue weighted by Crippen LogP contribution is 2.35. The van der Waals surface area contributed by atoms with Gasteiger partial charge in [-0.3, -0.25) is 9.59 Å². The summed E-state index contributed by atoms with van der Waals surface area (Å²) in [4.78, 5) is 26.5. The fraction of sp³-hybridized carbons (Fsp3) is 0.300. The number of carbonyl (C=O) groups excluding carboxylic acids is 2. The number of alkyl halides is 3. The van der Waals surface area contributed by atoms with Gasteiger partial charge in [-0.15, -0.1) is 0 Å². The zero-order chi connectivity index (χ0) is 17.1. The summed E-state index contributed by atoms with van der Waals surface area (Å²) in [6.45, 7) is -2.23. The van der Waals surface area contributed by atoms with Crippen LogP contribution in [0.1, 0.15) is 10.5 Å². The third-order valence-electron chi connectivity index (χ3n) is 2.09. The van der Waals surface area contributed by atoms with Crippen LogP contribution in [-0.2, 0) is 4.79 Å². The molecular weight excluding hydrogens is 393 g/mol. The molecule has 0 atom stereocenters. The quantitative estimate of drug-likeness (QED) is 0.765. The number of hydrogen-bond acceptors (Lipinski definition) is 3. The van der Waals surface area contributed by atoms with Crippen molar-refractivity contribution in [2.24, 2.45) is 0 Å². The predicted molar refractivity (Wildman–Crippen MR) is 75.7 cm³/mol. The van der Waals surface area contributed by atoms with E-state index >= 15 is 0 Å². The van der Waals surface area contributed by atoms with Gasteiger partial charge >= 0.3 is 6.18 Å². The Hall–Kier alpha value is -0.960. The van der Waals surface area contributed by atoms with E-state index < -0.39 is 36.8 Å². The number of amides is 2. The third-order valence-corrected chi connectivity index (χ3v) is 3.77. The Morgan fingerprint density at radius 3 is 2.14 bits per heavy atom. The van der Waals surface area contributed by atoms with Crippen molar-refractivity contribution in [2.45, 2.75) is 6.18 Å². The highest BCUT2D eigenvalue weighted by molar-refractivity contribution is 6.52. The first-order chi connectivity index (χ1) is 10.0. The van der Waals surface area contributed by atoms with Crippen LogP contribution in [0, 0.1) is 0 Å². The van der Waals surface area contributed by atoms with Crippen molar-refractivity contribution in [3.8, 4) is 0 Å². The summed E-state index contributed by atoms with van der Waals surface area (Å²) in [5, 5.41) is 2.63. The fourth-order valence-electron chi connectivity index (χ4n) is 1.14. The summed E-state index contributed by atoms with van der Waals surface area (Å²) in [5.41, 5.74) is -0.412. The maximum Gasteiger partial charge on any atom is 0.405 e. The van der Waals surface area contributed by atoms with Crippen molar-refractivity contribution in [2.75, 3.05) is 13.1 Å². The van der Waals surface area contributed by atoms with Crippen LogP contribution in [0.4, 0.5) is 13.2 Å². The number of pyridine rings is 1. The van der Waals surface area contributed by atoms with Crippen molar-refractivity contribution < 1.29 is 22.8 Å². The SMILES string of the molecule is O=C(CNC(=O)c1nc(Cl)c(Cl)c(Cl)c1Cl)NCC(F)(F)F. The normalized spacial score (nSPS) is 11.2. The van der Waals surface area contributed by atoms with Crippen LogP contribution in [-0.4, -0.2) is 36.1 Å². The Labute approximate surface area is 142 Å². The topological polar surface area (TPSA) is 71.1 Å². The van der Waals surface area contributed by atoms with Gasteiger partial charge in [0.05, 0.1) is 21.6 Å². The molecule has 0 aliphatic heterocycles. The van der Waals surface area contributed by atoms with Gasteiger partial charge in [0.2, 0.25) is 5.91 Å². The standard InChI is InChI=1S/C10H6Cl4F3N3O2/c11-4-5(12)7(20-8(14)6(4)13)9(22)18-1-3(21)19-2-10(15,16)17/h1-2H2,(H,18,22)(H,19,21). The van der Waals surface area contributed by atoms with E-state index in [4.69, 9.17) is 46.4 Å². The second-order valence-corrected chi connectivity index (χ2v) is 5.26. The molecule has 0 aromatic carbocycles. The molecule has 0 radical (unpaired) electrons. The molecule has 1 rings (SSSR count). The minimum Gasteiger partial charge on any atom is -0.345 e. The molecule has 0 saturated carbocycles. The lowest BCUT2D eigenvalue weighted by molar-refractivity contribution is -0.137. The van der Waals surface area contributed by atoms with Crippen LogP contribution in [0.25, 0.3) is 0 Å². The zero-order valence-electron chi connectivity index (χ0n) is 10.3. The molecule has 2 amide bonds. The van der Waals surface area contributed by atoms with E-state index in [2.05, 4.69) is 4.98 Å². The molecule has 0 bridgehead atoms. The summed E-state index contributed by atoms with van der Waals surface area (Å²) in [7, 11) is 0. The van der Waals surface area contributed by atoms with E-state index in [0.29, 0.717) is 0 Å². The lowest BCUT2D eigenvalue weighted by Gasteiger charge is -2.10. The van der Waals surface area contributed by atoms with E-state index in [1.54, 1.807) is 5.32 Å². The van der Waals surface area contributed by atoms with Crippen LogP contribution in [0.15, 0.2) is 0 Å². The fourth-order valence-corrected chi connectivity index (χ4v) is 1.96. The molecule has 1 aromatic rings. The van der Waals surface area contributed by atoms with Crippen LogP contribution in [0.5, 0.6) is 0 Å². The number of nitrogens with zero attached hydrogens (tertiary/aromatic N) is 1. The number of aromatic nitrogens is 1. The van der Waals surface area contributed by atoms with Gasteiger partial charge in [-0.1, -0.05) is 46.4 Å². The number of hydrogen-bond donors (Lipinski definition) is 2. The summed E-state index contributed by atoms with van der Waals surface area (Å²) in [6.07, 6.45) is -4.55. The van der Waals surface area contributed by atoms with Gasteiger partial charge in [-0.2, -0.15) is 13.2 Å². The van der Waals surface area contributed by atoms with Gasteiger partial charge in [0, 0.05) is 0 Å². The Balaban J connectivity index is 2.69. The molecule has 0 saturated heterocycles. The molecule has 0 aliphatic carbocycles. The molecule has 0 aliphatic rings. The highest BCUT2D eigenvalue weighted by Gasteiger charge is 2.28. The second-order valence-electron chi connectivity index (χ2n) is 3.77. The van der Waals surface area contributed by atoms with Gasteiger partial charge in [-0.05, 0) is 0 Å². The molecular formula is C10H6Cl4F3N3O2. The largest absolute Gasteiger partial charge is 0.405 e. The number of carbonyl (C=O) groups is 2. The molecule has 2 N–H and O–H groups in total. The van der Waals surface area contributed by atoms with Crippen LogP contribution < -0.4 is 10.6 Å². The summed E-state index contributed by atoms with van der Waals surface area (Å²) in [6, 6.07) is 0. The summed E-state index contributed by atoms with van der Waals surface area (Å²) >= 11 is 22.8. The van der Waals surface area contributed by atoms with E-state index in [0.717, 1.165) is 0 Å². The molecule has 0 spiro atoms. The van der Waals surface area contributed by atoms with E-state index in [9.17, 15) is 22.8 Å². The minimum absolute atomic E-state index is 0.159. The lowest BCUT2D eigenvalue weighted by atomic mass is 10.3. The Bertz CT molecular complexity index is 610. The van der Waals surface area contributed by atoms with Crippen LogP contribution >= 0.6 is 46.4 Å². The first-order valence-corrected chi connectivity index (χ1v) is 6.85. The maximum atomic E-state index is 11.9. The maximum absolute atomic E-state index is 11.9. The smallest absolute Gasteiger partial charge is 0.345 e. The monoisotopic (exact) mass is 397 g/mol. The predicted octanol–water partition coefficient (Wildman–Crippen LogP) is 3.10. The van der Waals surface area contributed by atoms with Crippen molar-refractivity contribution >= 4 is 58.2 Å². The van der Waals surface area contributed by atoms with Gasteiger partial charge < -0.3 is 10.6 Å². The zero-order valence-corrected chi connectivity index (χ0v) is 13.3. The molecule has 1 aromatic heterocycles. The Kier molecular flexibility index (Phi) is 6.54.